The number of ether oxygens (including phenoxy) is 1. The van der Waals surface area contributed by atoms with E-state index < -0.39 is 17.6 Å². The number of aliphatic carboxylic acids is 1. The molecule has 0 radical (unpaired) electrons. The molecule has 3 N–H and O–H groups in total. The number of rotatable bonds is 7. The van der Waals surface area contributed by atoms with Gasteiger partial charge in [0.05, 0.1) is 17.9 Å². The molecule has 35 heavy (non-hydrogen) atoms. The highest BCUT2D eigenvalue weighted by Gasteiger charge is 2.42. The van der Waals surface area contributed by atoms with E-state index in [-0.39, 0.29) is 36.8 Å². The van der Waals surface area contributed by atoms with Crippen molar-refractivity contribution in [3.05, 3.63) is 59.7 Å². The predicted octanol–water partition coefficient (Wildman–Crippen LogP) is 4.60. The van der Waals surface area contributed by atoms with Crippen LogP contribution >= 0.6 is 0 Å². The number of amides is 2. The Balaban J connectivity index is 1.20. The highest BCUT2D eigenvalue weighted by atomic mass is 16.5. The fraction of sp³-hybridized carbons (Fsp3) is 0.464. The molecule has 3 aliphatic rings. The van der Waals surface area contributed by atoms with E-state index in [1.54, 1.807) is 0 Å². The van der Waals surface area contributed by atoms with E-state index in [2.05, 4.69) is 34.9 Å². The second-order valence-electron chi connectivity index (χ2n) is 10.2. The lowest BCUT2D eigenvalue weighted by atomic mass is 9.91. The van der Waals surface area contributed by atoms with Gasteiger partial charge >= 0.3 is 12.1 Å². The summed E-state index contributed by atoms with van der Waals surface area (Å²) in [5.74, 6) is -1.45. The second kappa shape index (κ2) is 9.72. The van der Waals surface area contributed by atoms with Gasteiger partial charge < -0.3 is 20.5 Å². The molecule has 0 aliphatic heterocycles. The van der Waals surface area contributed by atoms with Crippen LogP contribution in [-0.2, 0) is 14.3 Å². The van der Waals surface area contributed by atoms with Crippen molar-refractivity contribution >= 4 is 18.0 Å². The molecule has 2 aromatic rings. The van der Waals surface area contributed by atoms with Crippen LogP contribution in [0.3, 0.4) is 0 Å². The lowest BCUT2D eigenvalue weighted by Crippen LogP contribution is -2.52. The molecule has 2 saturated carbocycles. The Bertz CT molecular complexity index is 1080. The first kappa shape index (κ1) is 23.4. The van der Waals surface area contributed by atoms with E-state index >= 15 is 0 Å². The van der Waals surface area contributed by atoms with Crippen LogP contribution in [0.5, 0.6) is 0 Å². The number of carboxylic acids is 1. The third-order valence-electron chi connectivity index (χ3n) is 7.94. The maximum absolute atomic E-state index is 13.1. The highest BCUT2D eigenvalue weighted by molar-refractivity contribution is 5.83. The lowest BCUT2D eigenvalue weighted by molar-refractivity contribution is -0.139. The first-order valence-corrected chi connectivity index (χ1v) is 12.6. The van der Waals surface area contributed by atoms with Gasteiger partial charge in [0.1, 0.15) is 6.61 Å². The van der Waals surface area contributed by atoms with Gasteiger partial charge in [-0.2, -0.15) is 0 Å². The van der Waals surface area contributed by atoms with Gasteiger partial charge in [0.25, 0.3) is 0 Å². The van der Waals surface area contributed by atoms with Crippen molar-refractivity contribution in [2.75, 3.05) is 6.61 Å². The van der Waals surface area contributed by atoms with Crippen molar-refractivity contribution in [1.29, 1.82) is 0 Å². The van der Waals surface area contributed by atoms with E-state index in [1.165, 1.54) is 11.1 Å². The van der Waals surface area contributed by atoms with Gasteiger partial charge in [-0.05, 0) is 47.9 Å². The van der Waals surface area contributed by atoms with E-state index in [4.69, 9.17) is 4.74 Å². The van der Waals surface area contributed by atoms with Crippen LogP contribution in [0.1, 0.15) is 68.4 Å². The minimum absolute atomic E-state index is 0.0194. The van der Waals surface area contributed by atoms with E-state index in [0.717, 1.165) is 30.4 Å². The molecule has 7 nitrogen and oxygen atoms in total. The summed E-state index contributed by atoms with van der Waals surface area (Å²) in [6.45, 7) is 0.227. The summed E-state index contributed by atoms with van der Waals surface area (Å²) < 4.78 is 5.68. The Morgan fingerprint density at radius 3 is 2.17 bits per heavy atom. The molecule has 2 aromatic carbocycles. The number of benzene rings is 2. The first-order valence-electron chi connectivity index (χ1n) is 12.6. The topological polar surface area (TPSA) is 105 Å². The average Bonchev–Trinajstić information content (AvgIpc) is 3.55. The second-order valence-corrected chi connectivity index (χ2v) is 10.2. The normalized spacial score (nSPS) is 22.3. The molecule has 7 heteroatoms. The molecule has 0 saturated heterocycles. The van der Waals surface area contributed by atoms with Crippen LogP contribution in [0.2, 0.25) is 0 Å². The summed E-state index contributed by atoms with van der Waals surface area (Å²) in [6.07, 6.45) is 4.83. The van der Waals surface area contributed by atoms with Gasteiger partial charge in [-0.3, -0.25) is 9.59 Å². The zero-order valence-corrected chi connectivity index (χ0v) is 19.8. The van der Waals surface area contributed by atoms with Crippen LogP contribution < -0.4 is 10.6 Å². The lowest BCUT2D eigenvalue weighted by Gasteiger charge is -2.31. The van der Waals surface area contributed by atoms with Crippen molar-refractivity contribution in [3.63, 3.8) is 0 Å². The van der Waals surface area contributed by atoms with Crippen LogP contribution in [0.25, 0.3) is 11.1 Å². The molecule has 184 valence electrons. The summed E-state index contributed by atoms with van der Waals surface area (Å²) in [4.78, 5) is 37.3. The van der Waals surface area contributed by atoms with Crippen LogP contribution in [0.15, 0.2) is 48.5 Å². The molecule has 0 spiro atoms. The Morgan fingerprint density at radius 1 is 0.914 bits per heavy atom. The number of carbonyl (C=O) groups excluding carboxylic acids is 2. The highest BCUT2D eigenvalue weighted by Crippen LogP contribution is 2.44. The van der Waals surface area contributed by atoms with Gasteiger partial charge in [0.15, 0.2) is 0 Å². The zero-order chi connectivity index (χ0) is 24.4. The molecule has 5 rings (SSSR count). The maximum Gasteiger partial charge on any atom is 0.407 e. The van der Waals surface area contributed by atoms with Gasteiger partial charge in [-0.15, -0.1) is 0 Å². The first-order chi connectivity index (χ1) is 17.0. The quantitative estimate of drug-likeness (QED) is 0.542. The molecule has 2 fully saturated rings. The summed E-state index contributed by atoms with van der Waals surface area (Å²) in [5, 5.41) is 15.3. The third-order valence-corrected chi connectivity index (χ3v) is 7.94. The minimum Gasteiger partial charge on any atom is -0.481 e. The molecule has 0 bridgehead atoms. The monoisotopic (exact) mass is 476 g/mol. The molecular weight excluding hydrogens is 444 g/mol. The molecule has 0 heterocycles. The van der Waals surface area contributed by atoms with Crippen molar-refractivity contribution in [2.24, 2.45) is 5.92 Å². The Morgan fingerprint density at radius 2 is 1.54 bits per heavy atom. The van der Waals surface area contributed by atoms with Gasteiger partial charge in [-0.25, -0.2) is 4.79 Å². The fourth-order valence-corrected chi connectivity index (χ4v) is 6.28. The van der Waals surface area contributed by atoms with Gasteiger partial charge in [-0.1, -0.05) is 67.8 Å². The van der Waals surface area contributed by atoms with Crippen LogP contribution in [0.4, 0.5) is 4.79 Å². The fourth-order valence-electron chi connectivity index (χ4n) is 6.28. The smallest absolute Gasteiger partial charge is 0.407 e. The van der Waals surface area contributed by atoms with Gasteiger partial charge in [0.2, 0.25) is 5.91 Å². The number of alkyl carbamates (subject to hydrolysis) is 1. The van der Waals surface area contributed by atoms with E-state index in [1.807, 2.05) is 24.3 Å². The summed E-state index contributed by atoms with van der Waals surface area (Å²) in [6, 6.07) is 16.1. The summed E-state index contributed by atoms with van der Waals surface area (Å²) >= 11 is 0. The molecule has 2 atom stereocenters. The molecule has 0 aromatic heterocycles. The number of nitrogens with one attached hydrogen (secondary N) is 2. The Hall–Kier alpha value is -3.35. The average molecular weight is 477 g/mol. The summed E-state index contributed by atoms with van der Waals surface area (Å²) in [7, 11) is 0. The maximum atomic E-state index is 13.1. The molecule has 0 unspecified atom stereocenters. The van der Waals surface area contributed by atoms with Crippen molar-refractivity contribution in [1.82, 2.24) is 10.6 Å². The van der Waals surface area contributed by atoms with Crippen LogP contribution in [0, 0.1) is 5.92 Å². The minimum atomic E-state index is -0.896. The largest absolute Gasteiger partial charge is 0.481 e. The zero-order valence-electron chi connectivity index (χ0n) is 19.8. The number of fused-ring (bicyclic) bond motifs is 3. The van der Waals surface area contributed by atoms with E-state index in [0.29, 0.717) is 25.7 Å². The van der Waals surface area contributed by atoms with Crippen molar-refractivity contribution in [2.45, 2.75) is 68.9 Å². The number of hydrogen-bond acceptors (Lipinski definition) is 4. The Kier molecular flexibility index (Phi) is 6.50. The molecular formula is C28H32N2O5. The van der Waals surface area contributed by atoms with Gasteiger partial charge in [0, 0.05) is 12.0 Å². The number of carboxylic acid groups (broad SMARTS) is 1. The van der Waals surface area contributed by atoms with Crippen molar-refractivity contribution < 1.29 is 24.2 Å². The number of hydrogen-bond donors (Lipinski definition) is 3. The predicted molar refractivity (Wildman–Crippen MR) is 131 cm³/mol. The van der Waals surface area contributed by atoms with Crippen LogP contribution in [-0.4, -0.2) is 41.3 Å². The Labute approximate surface area is 205 Å². The molecule has 2 amide bonds. The summed E-state index contributed by atoms with van der Waals surface area (Å²) in [5.41, 5.74) is 3.98. The van der Waals surface area contributed by atoms with Crippen molar-refractivity contribution in [3.8, 4) is 11.1 Å². The third kappa shape index (κ3) is 4.77. The SMILES string of the molecule is O=C(O)CC1(NC(=O)[C@H]2CCC[C@H]2NC(=O)OCC2c3ccccc3-c3ccccc32)CCCC1. The number of carbonyl (C=O) groups is 3. The molecule has 3 aliphatic carbocycles. The van der Waals surface area contributed by atoms with E-state index in [9.17, 15) is 19.5 Å². The standard InChI is InChI=1S/C28H32N2O5/c31-25(32)16-28(14-5-6-15-28)30-26(33)22-12-7-13-24(22)29-27(34)35-17-23-20-10-3-1-8-18(20)19-9-2-4-11-21(19)23/h1-4,8-11,22-24H,5-7,12-17H2,(H,29,34)(H,30,33)(H,31,32)/t22-,24+/m0/s1.